The Morgan fingerprint density at radius 1 is 1.10 bits per heavy atom. The average molecular weight is 654 g/mol. The lowest BCUT2D eigenvalue weighted by Gasteiger charge is -2.24. The van der Waals surface area contributed by atoms with Crippen LogP contribution in [0.2, 0.25) is 5.02 Å². The van der Waals surface area contributed by atoms with Crippen molar-refractivity contribution in [3.05, 3.63) is 124 Å². The highest BCUT2D eigenvalue weighted by Gasteiger charge is 2.33. The summed E-state index contributed by atoms with van der Waals surface area (Å²) in [5.74, 6) is 0.626. The molecular weight excluding hydrogens is 628 g/mol. The first-order chi connectivity index (χ1) is 19.8. The number of halogens is 2. The number of ether oxygens (including phenoxy) is 3. The van der Waals surface area contributed by atoms with Gasteiger partial charge in [0.2, 0.25) is 0 Å². The van der Waals surface area contributed by atoms with Gasteiger partial charge in [-0.1, -0.05) is 69.2 Å². The smallest absolute Gasteiger partial charge is 0.338 e. The van der Waals surface area contributed by atoms with Crippen LogP contribution in [0.25, 0.3) is 6.08 Å². The fourth-order valence-electron chi connectivity index (χ4n) is 4.54. The third-order valence-corrected chi connectivity index (χ3v) is 8.26. The molecule has 1 aliphatic rings. The molecule has 1 aliphatic heterocycles. The molecule has 4 aromatic rings. The molecule has 41 heavy (non-hydrogen) atoms. The third kappa shape index (κ3) is 6.17. The SMILES string of the molecule is CCOC(=O)C1=C(C)N=c2s/c(=C\c3ccc(OCc4ccc(Br)cc4)c(OC)c3)c(=O)n2[C@@H]1c1ccc(Cl)cc1. The van der Waals surface area contributed by atoms with Gasteiger partial charge in [-0.2, -0.15) is 0 Å². The number of nitrogens with zero attached hydrogens (tertiary/aromatic N) is 2. The molecule has 0 spiro atoms. The Kier molecular flexibility index (Phi) is 8.77. The van der Waals surface area contributed by atoms with Crippen LogP contribution < -0.4 is 24.4 Å². The second-order valence-electron chi connectivity index (χ2n) is 9.18. The van der Waals surface area contributed by atoms with Crippen LogP contribution in [0.4, 0.5) is 0 Å². The van der Waals surface area contributed by atoms with Gasteiger partial charge < -0.3 is 14.2 Å². The largest absolute Gasteiger partial charge is 0.493 e. The molecule has 10 heteroatoms. The molecule has 1 atom stereocenters. The molecule has 0 bridgehead atoms. The van der Waals surface area contributed by atoms with Crippen molar-refractivity contribution in [2.45, 2.75) is 26.5 Å². The molecule has 0 fully saturated rings. The quantitative estimate of drug-likeness (QED) is 0.225. The number of aromatic nitrogens is 1. The summed E-state index contributed by atoms with van der Waals surface area (Å²) in [6, 6.07) is 19.8. The Balaban J connectivity index is 1.53. The van der Waals surface area contributed by atoms with Crippen molar-refractivity contribution in [3.63, 3.8) is 0 Å². The number of thiazole rings is 1. The van der Waals surface area contributed by atoms with Crippen molar-refractivity contribution >= 4 is 50.9 Å². The van der Waals surface area contributed by atoms with E-state index in [4.69, 9.17) is 25.8 Å². The average Bonchev–Trinajstić information content (AvgIpc) is 3.26. The number of methoxy groups -OCH3 is 1. The Hall–Kier alpha value is -3.66. The number of benzene rings is 3. The number of rotatable bonds is 8. The Labute approximate surface area is 254 Å². The zero-order chi connectivity index (χ0) is 29.1. The molecular formula is C31H26BrClN2O5S. The van der Waals surface area contributed by atoms with Crippen LogP contribution in [-0.4, -0.2) is 24.3 Å². The number of hydrogen-bond acceptors (Lipinski definition) is 7. The molecule has 0 N–H and O–H groups in total. The number of esters is 1. The molecule has 0 saturated heterocycles. The second kappa shape index (κ2) is 12.5. The van der Waals surface area contributed by atoms with E-state index in [1.807, 2.05) is 42.5 Å². The van der Waals surface area contributed by atoms with E-state index in [1.54, 1.807) is 55.9 Å². The van der Waals surface area contributed by atoms with E-state index in [-0.39, 0.29) is 12.2 Å². The van der Waals surface area contributed by atoms with Gasteiger partial charge >= 0.3 is 5.97 Å². The van der Waals surface area contributed by atoms with Gasteiger partial charge in [-0.15, -0.1) is 0 Å². The summed E-state index contributed by atoms with van der Waals surface area (Å²) < 4.78 is 19.9. The van der Waals surface area contributed by atoms with Gasteiger partial charge in [0, 0.05) is 9.50 Å². The van der Waals surface area contributed by atoms with E-state index in [0.717, 1.165) is 21.2 Å². The number of carbonyl (C=O) groups excluding carboxylic acids is 1. The highest BCUT2D eigenvalue weighted by atomic mass is 79.9. The molecule has 1 aromatic heterocycles. The maximum Gasteiger partial charge on any atom is 0.338 e. The molecule has 0 amide bonds. The topological polar surface area (TPSA) is 79.1 Å². The van der Waals surface area contributed by atoms with Crippen LogP contribution in [-0.2, 0) is 16.1 Å². The Morgan fingerprint density at radius 3 is 2.51 bits per heavy atom. The van der Waals surface area contributed by atoms with Gasteiger partial charge in [0.1, 0.15) is 6.61 Å². The third-order valence-electron chi connectivity index (χ3n) is 6.50. The van der Waals surface area contributed by atoms with E-state index in [1.165, 1.54) is 11.3 Å². The van der Waals surface area contributed by atoms with Gasteiger partial charge in [-0.25, -0.2) is 9.79 Å². The van der Waals surface area contributed by atoms with E-state index < -0.39 is 12.0 Å². The lowest BCUT2D eigenvalue weighted by atomic mass is 9.96. The van der Waals surface area contributed by atoms with Crippen molar-refractivity contribution in [2.24, 2.45) is 4.99 Å². The second-order valence-corrected chi connectivity index (χ2v) is 11.5. The van der Waals surface area contributed by atoms with Crippen LogP contribution in [0.15, 0.2) is 92.3 Å². The summed E-state index contributed by atoms with van der Waals surface area (Å²) in [6.45, 7) is 4.09. The molecule has 2 heterocycles. The number of carbonyl (C=O) groups is 1. The normalized spacial score (nSPS) is 14.9. The fraction of sp³-hybridized carbons (Fsp3) is 0.194. The zero-order valence-electron chi connectivity index (χ0n) is 22.5. The lowest BCUT2D eigenvalue weighted by molar-refractivity contribution is -0.139. The van der Waals surface area contributed by atoms with Crippen molar-refractivity contribution in [3.8, 4) is 11.5 Å². The van der Waals surface area contributed by atoms with Crippen molar-refractivity contribution in [1.82, 2.24) is 4.57 Å². The first-order valence-electron chi connectivity index (χ1n) is 12.8. The van der Waals surface area contributed by atoms with Crippen LogP contribution in [0.3, 0.4) is 0 Å². The minimum atomic E-state index is -0.700. The maximum absolute atomic E-state index is 13.8. The fourth-order valence-corrected chi connectivity index (χ4v) is 5.98. The van der Waals surface area contributed by atoms with Crippen LogP contribution in [0.5, 0.6) is 11.5 Å². The first-order valence-corrected chi connectivity index (χ1v) is 14.8. The minimum absolute atomic E-state index is 0.206. The predicted molar refractivity (Wildman–Crippen MR) is 163 cm³/mol. The molecule has 7 nitrogen and oxygen atoms in total. The summed E-state index contributed by atoms with van der Waals surface area (Å²) in [5.41, 5.74) is 3.07. The predicted octanol–water partition coefficient (Wildman–Crippen LogP) is 5.80. The summed E-state index contributed by atoms with van der Waals surface area (Å²) in [5, 5.41) is 0.553. The van der Waals surface area contributed by atoms with E-state index >= 15 is 0 Å². The van der Waals surface area contributed by atoms with Crippen molar-refractivity contribution in [1.29, 1.82) is 0 Å². The highest BCUT2D eigenvalue weighted by Crippen LogP contribution is 2.32. The van der Waals surface area contributed by atoms with Gasteiger partial charge in [-0.05, 0) is 73.0 Å². The monoisotopic (exact) mass is 652 g/mol. The molecule has 0 radical (unpaired) electrons. The Bertz CT molecular complexity index is 1810. The van der Waals surface area contributed by atoms with Crippen LogP contribution in [0, 0.1) is 0 Å². The van der Waals surface area contributed by atoms with Crippen LogP contribution >= 0.6 is 38.9 Å². The van der Waals surface area contributed by atoms with Crippen molar-refractivity contribution < 1.29 is 19.0 Å². The van der Waals surface area contributed by atoms with E-state index in [9.17, 15) is 9.59 Å². The van der Waals surface area contributed by atoms with Gasteiger partial charge in [0.15, 0.2) is 16.3 Å². The maximum atomic E-state index is 13.8. The van der Waals surface area contributed by atoms with Gasteiger partial charge in [0.25, 0.3) is 5.56 Å². The summed E-state index contributed by atoms with van der Waals surface area (Å²) >= 11 is 10.8. The standard InChI is InChI=1S/C31H26BrClN2O5S/c1-4-39-30(37)27-18(2)34-31-35(28(27)21-8-12-23(33)13-9-21)29(36)26(41-31)16-20-7-14-24(25(15-20)38-3)40-17-19-5-10-22(32)11-6-19/h5-16,28H,4,17H2,1-3H3/b26-16-/t28-/m1/s1. The summed E-state index contributed by atoms with van der Waals surface area (Å²) in [6.07, 6.45) is 1.78. The molecule has 0 unspecified atom stereocenters. The molecule has 3 aromatic carbocycles. The zero-order valence-corrected chi connectivity index (χ0v) is 25.7. The van der Waals surface area contributed by atoms with E-state index in [0.29, 0.717) is 43.7 Å². The molecule has 210 valence electrons. The van der Waals surface area contributed by atoms with E-state index in [2.05, 4.69) is 20.9 Å². The number of fused-ring (bicyclic) bond motifs is 1. The van der Waals surface area contributed by atoms with Crippen LogP contribution in [0.1, 0.15) is 36.6 Å². The Morgan fingerprint density at radius 2 is 1.83 bits per heavy atom. The highest BCUT2D eigenvalue weighted by molar-refractivity contribution is 9.10. The minimum Gasteiger partial charge on any atom is -0.493 e. The number of hydrogen-bond donors (Lipinski definition) is 0. The first kappa shape index (κ1) is 28.9. The summed E-state index contributed by atoms with van der Waals surface area (Å²) in [4.78, 5) is 32.0. The number of allylic oxidation sites excluding steroid dienone is 1. The summed E-state index contributed by atoms with van der Waals surface area (Å²) in [7, 11) is 1.57. The van der Waals surface area contributed by atoms with Gasteiger partial charge in [-0.3, -0.25) is 9.36 Å². The molecule has 0 saturated carbocycles. The molecule has 0 aliphatic carbocycles. The lowest BCUT2D eigenvalue weighted by Crippen LogP contribution is -2.39. The van der Waals surface area contributed by atoms with Gasteiger partial charge in [0.05, 0.1) is 35.6 Å². The molecule has 5 rings (SSSR count). The van der Waals surface area contributed by atoms with Crippen molar-refractivity contribution in [2.75, 3.05) is 13.7 Å².